The zero-order valence-electron chi connectivity index (χ0n) is 15.1. The Bertz CT molecular complexity index is 1010. The van der Waals surface area contributed by atoms with Crippen LogP contribution in [0.3, 0.4) is 0 Å². The molecule has 0 N–H and O–H groups in total. The van der Waals surface area contributed by atoms with Crippen LogP contribution >= 0.6 is 11.3 Å². The minimum atomic E-state index is -4.42. The Hall–Kier alpha value is -2.39. The summed E-state index contributed by atoms with van der Waals surface area (Å²) in [7, 11) is 1.64. The first-order valence-corrected chi connectivity index (χ1v) is 9.71. The largest absolute Gasteiger partial charge is 0.416 e. The fourth-order valence-corrected chi connectivity index (χ4v) is 4.26. The molecule has 0 saturated carbocycles. The maximum atomic E-state index is 13.0. The van der Waals surface area contributed by atoms with Crippen molar-refractivity contribution in [3.8, 4) is 11.3 Å². The molecule has 1 amide bonds. The molecule has 0 bridgehead atoms. The molecule has 0 aliphatic carbocycles. The molecule has 1 fully saturated rings. The van der Waals surface area contributed by atoms with Crippen LogP contribution in [0.15, 0.2) is 35.8 Å². The van der Waals surface area contributed by atoms with Crippen molar-refractivity contribution in [3.63, 3.8) is 0 Å². The number of rotatable bonds is 3. The summed E-state index contributed by atoms with van der Waals surface area (Å²) in [6.07, 6.45) is -0.983. The smallest absolute Gasteiger partial charge is 0.380 e. The Morgan fingerprint density at radius 3 is 2.93 bits per heavy atom. The van der Waals surface area contributed by atoms with Crippen LogP contribution in [0.5, 0.6) is 0 Å². The van der Waals surface area contributed by atoms with Gasteiger partial charge in [0.05, 0.1) is 17.4 Å². The summed E-state index contributed by atoms with van der Waals surface area (Å²) in [5.74, 6) is -0.124. The van der Waals surface area contributed by atoms with Gasteiger partial charge in [-0.2, -0.15) is 13.2 Å². The zero-order valence-corrected chi connectivity index (χ0v) is 15.9. The van der Waals surface area contributed by atoms with Crippen LogP contribution in [0.2, 0.25) is 0 Å². The van der Waals surface area contributed by atoms with Gasteiger partial charge in [0.25, 0.3) is 5.91 Å². The molecule has 3 heterocycles. The molecule has 4 rings (SSSR count). The molecule has 2 aromatic heterocycles. The van der Waals surface area contributed by atoms with Crippen molar-refractivity contribution in [3.05, 3.63) is 47.1 Å². The quantitative estimate of drug-likeness (QED) is 0.647. The van der Waals surface area contributed by atoms with E-state index >= 15 is 0 Å². The number of hydrogen-bond acceptors (Lipinski definition) is 4. The number of aromatic nitrogens is 2. The maximum absolute atomic E-state index is 13.0. The third-order valence-electron chi connectivity index (χ3n) is 4.91. The molecule has 5 nitrogen and oxygen atoms in total. The van der Waals surface area contributed by atoms with E-state index in [1.54, 1.807) is 34.1 Å². The number of likely N-dealkylation sites (tertiary alicyclic amines) is 1. The van der Waals surface area contributed by atoms with Crippen LogP contribution in [0, 0.1) is 0 Å². The summed E-state index contributed by atoms with van der Waals surface area (Å²) in [5.41, 5.74) is 0.501. The van der Waals surface area contributed by atoms with Crippen LogP contribution in [-0.4, -0.2) is 46.5 Å². The van der Waals surface area contributed by atoms with Gasteiger partial charge in [0.15, 0.2) is 4.96 Å². The molecular formula is C19H18F3N3O2S. The van der Waals surface area contributed by atoms with E-state index in [0.717, 1.165) is 25.0 Å². The predicted molar refractivity (Wildman–Crippen MR) is 99.4 cm³/mol. The van der Waals surface area contributed by atoms with Crippen molar-refractivity contribution in [1.82, 2.24) is 14.3 Å². The summed E-state index contributed by atoms with van der Waals surface area (Å²) < 4.78 is 46.0. The van der Waals surface area contributed by atoms with E-state index in [1.807, 2.05) is 0 Å². The minimum absolute atomic E-state index is 0.0234. The fourth-order valence-electron chi connectivity index (χ4n) is 3.41. The topological polar surface area (TPSA) is 46.8 Å². The van der Waals surface area contributed by atoms with Crippen molar-refractivity contribution >= 4 is 22.2 Å². The first-order valence-electron chi connectivity index (χ1n) is 8.83. The third-order valence-corrected chi connectivity index (χ3v) is 5.75. The van der Waals surface area contributed by atoms with Crippen molar-refractivity contribution < 1.29 is 22.7 Å². The van der Waals surface area contributed by atoms with E-state index in [9.17, 15) is 18.0 Å². The summed E-state index contributed by atoms with van der Waals surface area (Å²) in [6.45, 7) is 1.19. The molecule has 3 aromatic rings. The van der Waals surface area contributed by atoms with Crippen LogP contribution in [0.1, 0.15) is 28.9 Å². The SMILES string of the molecule is CO[C@@H]1CCCN(C(=O)c2csc3nc(-c4cccc(C(F)(F)F)c4)cn23)C1. The van der Waals surface area contributed by atoms with Crippen molar-refractivity contribution in [2.24, 2.45) is 0 Å². The van der Waals surface area contributed by atoms with Gasteiger partial charge >= 0.3 is 6.18 Å². The average molecular weight is 409 g/mol. The number of benzene rings is 1. The molecule has 1 aromatic carbocycles. The van der Waals surface area contributed by atoms with Gasteiger partial charge in [0, 0.05) is 37.3 Å². The highest BCUT2D eigenvalue weighted by atomic mass is 32.1. The minimum Gasteiger partial charge on any atom is -0.380 e. The Balaban J connectivity index is 1.65. The van der Waals surface area contributed by atoms with Crippen molar-refractivity contribution in [1.29, 1.82) is 0 Å². The number of amides is 1. The number of thiazole rings is 1. The molecule has 0 spiro atoms. The Kier molecular flexibility index (Phi) is 4.88. The number of halogens is 3. The lowest BCUT2D eigenvalue weighted by atomic mass is 10.1. The van der Waals surface area contributed by atoms with Crippen LogP contribution < -0.4 is 0 Å². The number of methoxy groups -OCH3 is 1. The van der Waals surface area contributed by atoms with Crippen molar-refractivity contribution in [2.75, 3.05) is 20.2 Å². The van der Waals surface area contributed by atoms with Gasteiger partial charge in [-0.25, -0.2) is 4.98 Å². The number of carbonyl (C=O) groups is 1. The van der Waals surface area contributed by atoms with E-state index in [-0.39, 0.29) is 12.0 Å². The Morgan fingerprint density at radius 2 is 2.18 bits per heavy atom. The number of imidazole rings is 1. The molecule has 148 valence electrons. The second kappa shape index (κ2) is 7.21. The van der Waals surface area contributed by atoms with Crippen LogP contribution in [-0.2, 0) is 10.9 Å². The van der Waals surface area contributed by atoms with Gasteiger partial charge in [0.1, 0.15) is 5.69 Å². The first kappa shape index (κ1) is 18.9. The van der Waals surface area contributed by atoms with Gasteiger partial charge in [-0.15, -0.1) is 11.3 Å². The molecule has 1 saturated heterocycles. The Morgan fingerprint density at radius 1 is 1.36 bits per heavy atom. The summed E-state index contributed by atoms with van der Waals surface area (Å²) in [5, 5.41) is 1.73. The van der Waals surface area contributed by atoms with E-state index in [2.05, 4.69) is 4.98 Å². The van der Waals surface area contributed by atoms with Crippen LogP contribution in [0.4, 0.5) is 13.2 Å². The van der Waals surface area contributed by atoms with E-state index in [0.29, 0.717) is 35.0 Å². The highest BCUT2D eigenvalue weighted by Crippen LogP contribution is 2.32. The highest BCUT2D eigenvalue weighted by Gasteiger charge is 2.31. The third kappa shape index (κ3) is 3.51. The molecular weight excluding hydrogens is 391 g/mol. The maximum Gasteiger partial charge on any atom is 0.416 e. The van der Waals surface area contributed by atoms with E-state index < -0.39 is 11.7 Å². The summed E-state index contributed by atoms with van der Waals surface area (Å²) in [4.78, 5) is 19.7. The van der Waals surface area contributed by atoms with Gasteiger partial charge in [-0.1, -0.05) is 12.1 Å². The number of ether oxygens (including phenoxy) is 1. The lowest BCUT2D eigenvalue weighted by molar-refractivity contribution is -0.137. The molecule has 9 heteroatoms. The number of fused-ring (bicyclic) bond motifs is 1. The fraction of sp³-hybridized carbons (Fsp3) is 0.368. The Labute approximate surface area is 163 Å². The molecule has 0 unspecified atom stereocenters. The zero-order chi connectivity index (χ0) is 19.9. The number of piperidine rings is 1. The number of hydrogen-bond donors (Lipinski definition) is 0. The van der Waals surface area contributed by atoms with E-state index in [1.165, 1.54) is 17.4 Å². The second-order valence-corrected chi connectivity index (χ2v) is 7.57. The number of alkyl halides is 3. The molecule has 1 atom stereocenters. The van der Waals surface area contributed by atoms with E-state index in [4.69, 9.17) is 4.74 Å². The molecule has 1 aliphatic heterocycles. The predicted octanol–water partition coefficient (Wildman–Crippen LogP) is 4.33. The van der Waals surface area contributed by atoms with Gasteiger partial charge in [0.2, 0.25) is 0 Å². The van der Waals surface area contributed by atoms with Crippen molar-refractivity contribution in [2.45, 2.75) is 25.1 Å². The average Bonchev–Trinajstić information content (AvgIpc) is 3.28. The molecule has 1 aliphatic rings. The van der Waals surface area contributed by atoms with Gasteiger partial charge in [-0.05, 0) is 25.0 Å². The first-order chi connectivity index (χ1) is 13.4. The van der Waals surface area contributed by atoms with Gasteiger partial charge in [-0.3, -0.25) is 9.20 Å². The van der Waals surface area contributed by atoms with Gasteiger partial charge < -0.3 is 9.64 Å². The monoisotopic (exact) mass is 409 g/mol. The highest BCUT2D eigenvalue weighted by molar-refractivity contribution is 7.15. The summed E-state index contributed by atoms with van der Waals surface area (Å²) >= 11 is 1.29. The number of nitrogens with zero attached hydrogens (tertiary/aromatic N) is 3. The summed E-state index contributed by atoms with van der Waals surface area (Å²) in [6, 6.07) is 5.04. The molecule has 0 radical (unpaired) electrons. The molecule has 28 heavy (non-hydrogen) atoms. The number of carbonyl (C=O) groups excluding carboxylic acids is 1. The standard InChI is InChI=1S/C19H18F3N3O2S/c1-27-14-6-3-7-24(9-14)17(26)16-11-28-18-23-15(10-25(16)18)12-4-2-5-13(8-12)19(20,21)22/h2,4-5,8,10-11,14H,3,6-7,9H2,1H3/t14-/m1/s1. The van der Waals surface area contributed by atoms with Crippen LogP contribution in [0.25, 0.3) is 16.2 Å². The normalized spacial score (nSPS) is 18.0. The lowest BCUT2D eigenvalue weighted by Gasteiger charge is -2.31. The lowest BCUT2D eigenvalue weighted by Crippen LogP contribution is -2.43. The second-order valence-electron chi connectivity index (χ2n) is 6.73.